The number of carbonyl (C=O) groups excluding carboxylic acids is 1. The number of aliphatic hydroxyl groups is 1. The van der Waals surface area contributed by atoms with Gasteiger partial charge in [-0.25, -0.2) is 4.79 Å². The van der Waals surface area contributed by atoms with E-state index in [2.05, 4.69) is 0 Å². The normalized spacial score (nSPS) is 22.5. The van der Waals surface area contributed by atoms with Crippen molar-refractivity contribution in [1.82, 2.24) is 4.57 Å². The van der Waals surface area contributed by atoms with Crippen LogP contribution in [0.3, 0.4) is 0 Å². The van der Waals surface area contributed by atoms with Crippen LogP contribution < -0.4 is 0 Å². The molecule has 24 heavy (non-hydrogen) atoms. The second-order valence-electron chi connectivity index (χ2n) is 6.34. The van der Waals surface area contributed by atoms with Gasteiger partial charge >= 0.3 is 5.97 Å². The number of hydrogen-bond acceptors (Lipinski definition) is 3. The molecule has 122 valence electrons. The molecule has 1 unspecified atom stereocenters. The number of esters is 1. The van der Waals surface area contributed by atoms with E-state index >= 15 is 0 Å². The first-order valence-corrected chi connectivity index (χ1v) is 8.04. The fourth-order valence-electron chi connectivity index (χ4n) is 4.01. The van der Waals surface area contributed by atoms with E-state index in [0.717, 1.165) is 27.7 Å². The van der Waals surface area contributed by atoms with Crippen molar-refractivity contribution in [3.8, 4) is 0 Å². The van der Waals surface area contributed by atoms with E-state index in [1.54, 1.807) is 4.57 Å². The highest BCUT2D eigenvalue weighted by molar-refractivity contribution is 5.90. The minimum Gasteiger partial charge on any atom is -0.465 e. The Balaban J connectivity index is 2.04. The van der Waals surface area contributed by atoms with Gasteiger partial charge in [0.1, 0.15) is 0 Å². The molecule has 0 saturated carbocycles. The van der Waals surface area contributed by atoms with Crippen LogP contribution in [0.1, 0.15) is 29.2 Å². The molecule has 0 saturated heterocycles. The van der Waals surface area contributed by atoms with Gasteiger partial charge in [0.05, 0.1) is 12.6 Å². The van der Waals surface area contributed by atoms with Crippen molar-refractivity contribution in [3.63, 3.8) is 0 Å². The summed E-state index contributed by atoms with van der Waals surface area (Å²) >= 11 is 0. The fraction of sp³-hybridized carbons (Fsp3) is 0.250. The zero-order chi connectivity index (χ0) is 16.9. The summed E-state index contributed by atoms with van der Waals surface area (Å²) in [6.07, 6.45) is 0.282. The molecule has 0 aliphatic carbocycles. The molecule has 3 aromatic rings. The molecule has 4 nitrogen and oxygen atoms in total. The summed E-state index contributed by atoms with van der Waals surface area (Å²) in [6, 6.07) is 17.9. The number of hydrogen-bond donors (Lipinski definition) is 1. The number of fused-ring (bicyclic) bond motifs is 3. The molecule has 0 fully saturated rings. The minimum absolute atomic E-state index is 0.0531. The molecule has 0 bridgehead atoms. The lowest BCUT2D eigenvalue weighted by atomic mass is 9.89. The predicted octanol–water partition coefficient (Wildman–Crippen LogP) is 3.30. The molecule has 4 rings (SSSR count). The van der Waals surface area contributed by atoms with Crippen molar-refractivity contribution in [2.75, 3.05) is 7.11 Å². The summed E-state index contributed by atoms with van der Waals surface area (Å²) in [5, 5.41) is 12.3. The summed E-state index contributed by atoms with van der Waals surface area (Å²) in [7, 11) is 1.31. The average Bonchev–Trinajstić information content (AvgIpc) is 3.11. The summed E-state index contributed by atoms with van der Waals surface area (Å²) in [5.41, 5.74) is 2.34. The molecule has 0 radical (unpaired) electrons. The Morgan fingerprint density at radius 1 is 1.17 bits per heavy atom. The predicted molar refractivity (Wildman–Crippen MR) is 91.8 cm³/mol. The van der Waals surface area contributed by atoms with Crippen molar-refractivity contribution in [3.05, 3.63) is 71.4 Å². The summed E-state index contributed by atoms with van der Waals surface area (Å²) in [4.78, 5) is 12.4. The van der Waals surface area contributed by atoms with Gasteiger partial charge in [-0.2, -0.15) is 0 Å². The van der Waals surface area contributed by atoms with E-state index in [1.165, 1.54) is 7.11 Å². The Labute approximate surface area is 140 Å². The Morgan fingerprint density at radius 2 is 1.83 bits per heavy atom. The Morgan fingerprint density at radius 3 is 2.54 bits per heavy atom. The van der Waals surface area contributed by atoms with Crippen LogP contribution in [0.15, 0.2) is 54.6 Å². The van der Waals surface area contributed by atoms with E-state index in [0.29, 0.717) is 0 Å². The first-order valence-electron chi connectivity index (χ1n) is 8.04. The Hall–Kier alpha value is -2.59. The molecule has 2 heterocycles. The highest BCUT2D eigenvalue weighted by Gasteiger charge is 2.51. The summed E-state index contributed by atoms with van der Waals surface area (Å²) < 4.78 is 6.69. The monoisotopic (exact) mass is 321 g/mol. The van der Waals surface area contributed by atoms with Crippen LogP contribution in [0.2, 0.25) is 0 Å². The average molecular weight is 321 g/mol. The van der Waals surface area contributed by atoms with E-state index < -0.39 is 11.7 Å². The van der Waals surface area contributed by atoms with Crippen LogP contribution in [0.25, 0.3) is 10.9 Å². The number of benzene rings is 2. The lowest BCUT2D eigenvalue weighted by Gasteiger charge is -2.23. The highest BCUT2D eigenvalue weighted by atomic mass is 16.5. The fourth-order valence-corrected chi connectivity index (χ4v) is 4.01. The first-order chi connectivity index (χ1) is 11.6. The van der Waals surface area contributed by atoms with Gasteiger partial charge in [-0.15, -0.1) is 0 Å². The first kappa shape index (κ1) is 15.0. The molecule has 0 spiro atoms. The standard InChI is InChI=1S/C20H19NO3/c1-13-15-10-6-7-11-17(15)21-18(13)16(14-8-4-3-5-9-14)12-20(21,23)19(22)24-2/h3-11,16,23H,12H2,1-2H3/t16-,20?/m1/s1. The van der Waals surface area contributed by atoms with Crippen LogP contribution in [-0.2, 0) is 15.3 Å². The largest absolute Gasteiger partial charge is 0.465 e. The molecular weight excluding hydrogens is 302 g/mol. The third kappa shape index (κ3) is 1.86. The molecule has 2 aromatic carbocycles. The van der Waals surface area contributed by atoms with Gasteiger partial charge in [-0.1, -0.05) is 48.5 Å². The maximum absolute atomic E-state index is 12.4. The van der Waals surface area contributed by atoms with Gasteiger partial charge in [0.25, 0.3) is 0 Å². The van der Waals surface area contributed by atoms with Gasteiger partial charge in [0.15, 0.2) is 0 Å². The lowest BCUT2D eigenvalue weighted by molar-refractivity contribution is -0.172. The van der Waals surface area contributed by atoms with Crippen molar-refractivity contribution in [2.24, 2.45) is 0 Å². The molecule has 1 aliphatic heterocycles. The van der Waals surface area contributed by atoms with Gasteiger partial charge in [0, 0.05) is 23.4 Å². The Kier molecular flexibility index (Phi) is 3.25. The number of ether oxygens (including phenoxy) is 1. The van der Waals surface area contributed by atoms with Gasteiger partial charge in [0.2, 0.25) is 5.72 Å². The second kappa shape index (κ2) is 5.21. The maximum Gasteiger partial charge on any atom is 0.359 e. The van der Waals surface area contributed by atoms with E-state index in [-0.39, 0.29) is 12.3 Å². The number of aryl methyl sites for hydroxylation is 1. The van der Waals surface area contributed by atoms with Crippen molar-refractivity contribution in [2.45, 2.75) is 25.0 Å². The summed E-state index contributed by atoms with van der Waals surface area (Å²) in [5.74, 6) is -0.675. The van der Waals surface area contributed by atoms with Crippen LogP contribution in [0.4, 0.5) is 0 Å². The lowest BCUT2D eigenvalue weighted by Crippen LogP contribution is -2.40. The van der Waals surface area contributed by atoms with E-state index in [4.69, 9.17) is 4.74 Å². The molecule has 0 amide bonds. The van der Waals surface area contributed by atoms with Crippen molar-refractivity contribution >= 4 is 16.9 Å². The zero-order valence-corrected chi connectivity index (χ0v) is 13.7. The SMILES string of the molecule is COC(=O)C1(O)C[C@H](c2ccccc2)c2c(C)c3ccccc3n21. The quantitative estimate of drug-likeness (QED) is 0.737. The van der Waals surface area contributed by atoms with Crippen LogP contribution in [0.5, 0.6) is 0 Å². The summed E-state index contributed by atoms with van der Waals surface area (Å²) in [6.45, 7) is 2.05. The van der Waals surface area contributed by atoms with Crippen LogP contribution in [0, 0.1) is 6.92 Å². The second-order valence-corrected chi connectivity index (χ2v) is 6.34. The molecule has 1 aromatic heterocycles. The Bertz CT molecular complexity index is 929. The third-order valence-electron chi connectivity index (χ3n) is 5.08. The van der Waals surface area contributed by atoms with Gasteiger partial charge < -0.3 is 14.4 Å². The molecule has 1 N–H and O–H groups in total. The number of aromatic nitrogens is 1. The van der Waals surface area contributed by atoms with Crippen molar-refractivity contribution in [1.29, 1.82) is 0 Å². The van der Waals surface area contributed by atoms with Crippen molar-refractivity contribution < 1.29 is 14.6 Å². The number of rotatable bonds is 2. The zero-order valence-electron chi connectivity index (χ0n) is 13.7. The minimum atomic E-state index is -1.68. The topological polar surface area (TPSA) is 51.5 Å². The van der Waals surface area contributed by atoms with Crippen LogP contribution in [-0.4, -0.2) is 22.8 Å². The number of para-hydroxylation sites is 1. The van der Waals surface area contributed by atoms with Gasteiger partial charge in [-0.3, -0.25) is 0 Å². The molecular formula is C20H19NO3. The van der Waals surface area contributed by atoms with Crippen LogP contribution >= 0.6 is 0 Å². The molecule has 1 aliphatic rings. The van der Waals surface area contributed by atoms with E-state index in [1.807, 2.05) is 61.5 Å². The molecule has 4 heteroatoms. The smallest absolute Gasteiger partial charge is 0.359 e. The number of carbonyl (C=O) groups is 1. The molecule has 2 atom stereocenters. The van der Waals surface area contributed by atoms with E-state index in [9.17, 15) is 9.90 Å². The maximum atomic E-state index is 12.4. The number of methoxy groups -OCH3 is 1. The number of nitrogens with zero attached hydrogens (tertiary/aromatic N) is 1. The van der Waals surface area contributed by atoms with Gasteiger partial charge in [-0.05, 0) is 24.1 Å². The third-order valence-corrected chi connectivity index (χ3v) is 5.08. The highest BCUT2D eigenvalue weighted by Crippen LogP contribution is 2.48.